The highest BCUT2D eigenvalue weighted by Gasteiger charge is 2.32. The Balaban J connectivity index is 1.88. The Morgan fingerprint density at radius 1 is 1.00 bits per heavy atom. The molecule has 0 aliphatic carbocycles. The van der Waals surface area contributed by atoms with E-state index in [0.717, 1.165) is 18.2 Å². The topological polar surface area (TPSA) is 63.4 Å². The van der Waals surface area contributed by atoms with Crippen LogP contribution in [0.1, 0.15) is 27.9 Å². The van der Waals surface area contributed by atoms with Crippen LogP contribution in [0.2, 0.25) is 0 Å². The van der Waals surface area contributed by atoms with Crippen molar-refractivity contribution in [3.8, 4) is 0 Å². The standard InChI is InChI=1S/C22H15F3N2O2/c23-13-5-6-14(17(25)11-13)18-2-1-3-19-21(20(28)8-9-27(18)19)15-10-12(22(26)29)4-7-16(15)24/h1-7,10-11H,8-9H2,(H2,26,29). The summed E-state index contributed by atoms with van der Waals surface area (Å²) >= 11 is 0. The van der Waals surface area contributed by atoms with Gasteiger partial charge in [-0.1, -0.05) is 6.08 Å². The summed E-state index contributed by atoms with van der Waals surface area (Å²) in [6, 6.07) is 6.81. The maximum Gasteiger partial charge on any atom is 0.248 e. The van der Waals surface area contributed by atoms with Gasteiger partial charge in [0.05, 0.1) is 17.0 Å². The van der Waals surface area contributed by atoms with Gasteiger partial charge >= 0.3 is 0 Å². The van der Waals surface area contributed by atoms with Crippen molar-refractivity contribution < 1.29 is 22.8 Å². The Labute approximate surface area is 164 Å². The molecule has 0 atom stereocenters. The van der Waals surface area contributed by atoms with Crippen molar-refractivity contribution in [3.05, 3.63) is 94.5 Å². The van der Waals surface area contributed by atoms with Crippen LogP contribution in [0.4, 0.5) is 13.2 Å². The summed E-state index contributed by atoms with van der Waals surface area (Å²) in [6.45, 7) is 0.252. The average molecular weight is 396 g/mol. The quantitative estimate of drug-likeness (QED) is 0.859. The number of fused-ring (bicyclic) bond motifs is 1. The van der Waals surface area contributed by atoms with Crippen molar-refractivity contribution >= 4 is 23.0 Å². The number of benzene rings is 2. The van der Waals surface area contributed by atoms with E-state index in [1.54, 1.807) is 23.1 Å². The molecule has 2 heterocycles. The lowest BCUT2D eigenvalue weighted by atomic mass is 9.90. The molecule has 0 bridgehead atoms. The molecular formula is C22H15F3N2O2. The normalized spacial score (nSPS) is 16.0. The molecule has 0 unspecified atom stereocenters. The summed E-state index contributed by atoms with van der Waals surface area (Å²) in [5, 5.41) is 0. The number of Topliss-reactive ketones (excluding diaryl/α,β-unsaturated/α-hetero) is 1. The summed E-state index contributed by atoms with van der Waals surface area (Å²) in [6.07, 6.45) is 4.93. The third kappa shape index (κ3) is 3.24. The molecule has 0 saturated carbocycles. The number of allylic oxidation sites excluding steroid dienone is 4. The Bertz CT molecular complexity index is 1150. The van der Waals surface area contributed by atoms with E-state index in [2.05, 4.69) is 0 Å². The number of hydrogen-bond donors (Lipinski definition) is 1. The van der Waals surface area contributed by atoms with E-state index in [4.69, 9.17) is 5.73 Å². The van der Waals surface area contributed by atoms with E-state index in [0.29, 0.717) is 11.4 Å². The lowest BCUT2D eigenvalue weighted by Crippen LogP contribution is -2.32. The summed E-state index contributed by atoms with van der Waals surface area (Å²) in [7, 11) is 0. The second kappa shape index (κ2) is 7.09. The highest BCUT2D eigenvalue weighted by molar-refractivity contribution is 6.23. The number of rotatable bonds is 3. The SMILES string of the molecule is NC(=O)c1ccc(F)c(C2=C3C=CC=C(c4ccc(F)cc4F)N3CCC2=O)c1. The fourth-order valence-corrected chi connectivity index (χ4v) is 3.57. The van der Waals surface area contributed by atoms with E-state index < -0.39 is 23.4 Å². The predicted molar refractivity (Wildman–Crippen MR) is 102 cm³/mol. The highest BCUT2D eigenvalue weighted by Crippen LogP contribution is 2.38. The van der Waals surface area contributed by atoms with E-state index in [1.165, 1.54) is 18.2 Å². The molecule has 0 spiro atoms. The van der Waals surface area contributed by atoms with Gasteiger partial charge in [0, 0.05) is 35.7 Å². The molecule has 1 amide bonds. The van der Waals surface area contributed by atoms with Crippen molar-refractivity contribution in [2.75, 3.05) is 6.54 Å². The van der Waals surface area contributed by atoms with Gasteiger partial charge in [-0.15, -0.1) is 0 Å². The van der Waals surface area contributed by atoms with Crippen molar-refractivity contribution in [3.63, 3.8) is 0 Å². The van der Waals surface area contributed by atoms with E-state index in [9.17, 15) is 22.8 Å². The molecule has 0 radical (unpaired) electrons. The second-order valence-corrected chi connectivity index (χ2v) is 6.68. The van der Waals surface area contributed by atoms with E-state index >= 15 is 0 Å². The number of primary amides is 1. The third-order valence-electron chi connectivity index (χ3n) is 4.91. The zero-order valence-electron chi connectivity index (χ0n) is 15.1. The minimum Gasteiger partial charge on any atom is -0.366 e. The first kappa shape index (κ1) is 18.7. The number of nitrogens with two attached hydrogens (primary N) is 1. The molecular weight excluding hydrogens is 381 g/mol. The monoisotopic (exact) mass is 396 g/mol. The Hall–Kier alpha value is -3.61. The van der Waals surface area contributed by atoms with Gasteiger partial charge < -0.3 is 10.6 Å². The van der Waals surface area contributed by atoms with E-state index in [-0.39, 0.29) is 41.0 Å². The van der Waals surface area contributed by atoms with Crippen molar-refractivity contribution in [1.29, 1.82) is 0 Å². The smallest absolute Gasteiger partial charge is 0.248 e. The number of nitrogens with zero attached hydrogens (tertiary/aromatic N) is 1. The summed E-state index contributed by atoms with van der Waals surface area (Å²) in [5.41, 5.74) is 6.36. The molecule has 2 aromatic carbocycles. The summed E-state index contributed by atoms with van der Waals surface area (Å²) in [4.78, 5) is 25.9. The molecule has 4 rings (SSSR count). The van der Waals surface area contributed by atoms with Gasteiger partial charge in [-0.2, -0.15) is 0 Å². The van der Waals surface area contributed by atoms with Gasteiger partial charge in [-0.25, -0.2) is 13.2 Å². The number of hydrogen-bond acceptors (Lipinski definition) is 3. The number of carbonyl (C=O) groups excluding carboxylic acids is 2. The van der Waals surface area contributed by atoms with Gasteiger partial charge in [-0.05, 0) is 42.5 Å². The Kier molecular flexibility index (Phi) is 4.58. The van der Waals surface area contributed by atoms with Crippen LogP contribution < -0.4 is 5.73 Å². The number of carbonyl (C=O) groups is 2. The number of halogens is 3. The highest BCUT2D eigenvalue weighted by atomic mass is 19.1. The first-order chi connectivity index (χ1) is 13.9. The van der Waals surface area contributed by atoms with Gasteiger partial charge in [0.2, 0.25) is 5.91 Å². The molecule has 2 aliphatic rings. The maximum absolute atomic E-state index is 14.6. The van der Waals surface area contributed by atoms with Crippen LogP contribution in [-0.4, -0.2) is 23.1 Å². The molecule has 0 fully saturated rings. The van der Waals surface area contributed by atoms with Crippen LogP contribution in [0.15, 0.2) is 60.3 Å². The Morgan fingerprint density at radius 3 is 2.52 bits per heavy atom. The number of amides is 1. The molecule has 146 valence electrons. The number of ketones is 1. The third-order valence-corrected chi connectivity index (χ3v) is 4.91. The lowest BCUT2D eigenvalue weighted by Gasteiger charge is -2.35. The van der Waals surface area contributed by atoms with Crippen LogP contribution in [-0.2, 0) is 4.79 Å². The van der Waals surface area contributed by atoms with Crippen molar-refractivity contribution in [2.24, 2.45) is 5.73 Å². The van der Waals surface area contributed by atoms with Gasteiger partial charge in [0.15, 0.2) is 5.78 Å². The van der Waals surface area contributed by atoms with Gasteiger partial charge in [0.1, 0.15) is 17.5 Å². The predicted octanol–water partition coefficient (Wildman–Crippen LogP) is 3.80. The summed E-state index contributed by atoms with van der Waals surface area (Å²) < 4.78 is 42.3. The van der Waals surface area contributed by atoms with Crippen LogP contribution in [0.25, 0.3) is 11.3 Å². The Morgan fingerprint density at radius 2 is 1.79 bits per heavy atom. The molecule has 0 saturated heterocycles. The zero-order chi connectivity index (χ0) is 20.7. The molecule has 29 heavy (non-hydrogen) atoms. The van der Waals surface area contributed by atoms with E-state index in [1.807, 2.05) is 0 Å². The maximum atomic E-state index is 14.6. The molecule has 2 aromatic rings. The van der Waals surface area contributed by atoms with Crippen LogP contribution in [0.5, 0.6) is 0 Å². The van der Waals surface area contributed by atoms with Crippen molar-refractivity contribution in [1.82, 2.24) is 4.90 Å². The molecule has 7 heteroatoms. The fraction of sp³-hybridized carbons (Fsp3) is 0.0909. The molecule has 2 N–H and O–H groups in total. The van der Waals surface area contributed by atoms with Crippen LogP contribution in [0, 0.1) is 17.5 Å². The average Bonchev–Trinajstić information content (AvgIpc) is 2.68. The van der Waals surface area contributed by atoms with Crippen molar-refractivity contribution in [2.45, 2.75) is 6.42 Å². The van der Waals surface area contributed by atoms with Crippen LogP contribution in [0.3, 0.4) is 0 Å². The fourth-order valence-electron chi connectivity index (χ4n) is 3.57. The second-order valence-electron chi connectivity index (χ2n) is 6.68. The molecule has 4 nitrogen and oxygen atoms in total. The van der Waals surface area contributed by atoms with Crippen LogP contribution >= 0.6 is 0 Å². The first-order valence-corrected chi connectivity index (χ1v) is 8.85. The molecule has 0 aromatic heterocycles. The van der Waals surface area contributed by atoms with Gasteiger partial charge in [0.25, 0.3) is 0 Å². The largest absolute Gasteiger partial charge is 0.366 e. The zero-order valence-corrected chi connectivity index (χ0v) is 15.1. The summed E-state index contributed by atoms with van der Waals surface area (Å²) in [5.74, 6) is -3.17. The minimum atomic E-state index is -0.745. The lowest BCUT2D eigenvalue weighted by molar-refractivity contribution is -0.114. The minimum absolute atomic E-state index is 0.0449. The van der Waals surface area contributed by atoms with Gasteiger partial charge in [-0.3, -0.25) is 9.59 Å². The first-order valence-electron chi connectivity index (χ1n) is 8.85. The molecule has 2 aliphatic heterocycles.